The van der Waals surface area contributed by atoms with E-state index in [1.165, 1.54) is 11.3 Å². The number of ether oxygens (including phenoxy) is 1. The van der Waals surface area contributed by atoms with Crippen molar-refractivity contribution >= 4 is 39.0 Å². The van der Waals surface area contributed by atoms with Crippen molar-refractivity contribution in [2.75, 3.05) is 29.2 Å². The summed E-state index contributed by atoms with van der Waals surface area (Å²) in [5.41, 5.74) is 1.69. The van der Waals surface area contributed by atoms with Gasteiger partial charge in [-0.15, -0.1) is 10.2 Å². The summed E-state index contributed by atoms with van der Waals surface area (Å²) in [7, 11) is 1.59. The molecule has 0 aliphatic heterocycles. The molecular weight excluding hydrogens is 350 g/mol. The first-order valence-electron chi connectivity index (χ1n) is 8.07. The van der Waals surface area contributed by atoms with Crippen LogP contribution in [0.25, 0.3) is 0 Å². The number of carbonyl (C=O) groups is 1. The molecular formula is C18H19N5O2S. The summed E-state index contributed by atoms with van der Waals surface area (Å²) < 4.78 is 5.09. The van der Waals surface area contributed by atoms with Gasteiger partial charge in [0.1, 0.15) is 5.75 Å². The van der Waals surface area contributed by atoms with Crippen LogP contribution in [0.4, 0.5) is 26.4 Å². The van der Waals surface area contributed by atoms with Crippen LogP contribution in [-0.4, -0.2) is 29.9 Å². The number of aromatic nitrogens is 2. The van der Waals surface area contributed by atoms with Gasteiger partial charge < -0.3 is 15.0 Å². The van der Waals surface area contributed by atoms with Crippen molar-refractivity contribution in [1.29, 1.82) is 0 Å². The summed E-state index contributed by atoms with van der Waals surface area (Å²) in [6, 6.07) is 16.6. The maximum atomic E-state index is 12.1. The molecule has 0 bridgehead atoms. The van der Waals surface area contributed by atoms with Crippen molar-refractivity contribution in [3.8, 4) is 5.75 Å². The van der Waals surface area contributed by atoms with Gasteiger partial charge in [-0.25, -0.2) is 4.79 Å². The van der Waals surface area contributed by atoms with E-state index in [1.54, 1.807) is 31.4 Å². The Balaban J connectivity index is 1.64. The highest BCUT2D eigenvalue weighted by Gasteiger charge is 2.14. The standard InChI is InChI=1S/C18H19N5O2S/c1-3-23(14-7-5-4-6-8-14)18-22-21-17(26-18)20-16(24)19-13-9-11-15(25-2)12-10-13/h4-12H,3H2,1-2H3,(H2,19,20,21,24). The van der Waals surface area contributed by atoms with Gasteiger partial charge in [-0.1, -0.05) is 29.5 Å². The van der Waals surface area contributed by atoms with Crippen LogP contribution >= 0.6 is 11.3 Å². The van der Waals surface area contributed by atoms with Crippen molar-refractivity contribution in [1.82, 2.24) is 10.2 Å². The molecule has 1 heterocycles. The maximum absolute atomic E-state index is 12.1. The predicted molar refractivity (Wildman–Crippen MR) is 105 cm³/mol. The number of hydrogen-bond acceptors (Lipinski definition) is 6. The monoisotopic (exact) mass is 369 g/mol. The summed E-state index contributed by atoms with van der Waals surface area (Å²) in [6.07, 6.45) is 0. The molecule has 3 rings (SSSR count). The van der Waals surface area contributed by atoms with Crippen molar-refractivity contribution in [2.24, 2.45) is 0 Å². The van der Waals surface area contributed by atoms with Gasteiger partial charge in [0.05, 0.1) is 7.11 Å². The molecule has 0 saturated carbocycles. The van der Waals surface area contributed by atoms with E-state index < -0.39 is 0 Å². The predicted octanol–water partition coefficient (Wildman–Crippen LogP) is 4.35. The van der Waals surface area contributed by atoms with Gasteiger partial charge in [0.15, 0.2) is 0 Å². The number of nitrogens with one attached hydrogen (secondary N) is 2. The summed E-state index contributed by atoms with van der Waals surface area (Å²) in [5.74, 6) is 0.727. The highest BCUT2D eigenvalue weighted by Crippen LogP contribution is 2.30. The minimum Gasteiger partial charge on any atom is -0.497 e. The van der Waals surface area contributed by atoms with Crippen molar-refractivity contribution in [3.05, 3.63) is 54.6 Å². The lowest BCUT2D eigenvalue weighted by Crippen LogP contribution is -2.19. The zero-order chi connectivity index (χ0) is 18.4. The molecule has 0 atom stereocenters. The van der Waals surface area contributed by atoms with Gasteiger partial charge in [0.2, 0.25) is 10.3 Å². The number of anilines is 4. The largest absolute Gasteiger partial charge is 0.497 e. The van der Waals surface area contributed by atoms with E-state index in [-0.39, 0.29) is 6.03 Å². The third-order valence-electron chi connectivity index (χ3n) is 3.60. The molecule has 8 heteroatoms. The van der Waals surface area contributed by atoms with E-state index in [4.69, 9.17) is 4.74 Å². The van der Waals surface area contributed by atoms with E-state index in [0.717, 1.165) is 23.1 Å². The number of amides is 2. The lowest BCUT2D eigenvalue weighted by Gasteiger charge is -2.18. The lowest BCUT2D eigenvalue weighted by atomic mass is 10.3. The van der Waals surface area contributed by atoms with Crippen molar-refractivity contribution < 1.29 is 9.53 Å². The Labute approximate surface area is 155 Å². The number of hydrogen-bond donors (Lipinski definition) is 2. The third kappa shape index (κ3) is 4.28. The number of rotatable bonds is 6. The highest BCUT2D eigenvalue weighted by atomic mass is 32.1. The highest BCUT2D eigenvalue weighted by molar-refractivity contribution is 7.19. The quantitative estimate of drug-likeness (QED) is 0.675. The van der Waals surface area contributed by atoms with Crippen LogP contribution in [0.1, 0.15) is 6.92 Å². The molecule has 0 spiro atoms. The summed E-state index contributed by atoms with van der Waals surface area (Å²) >= 11 is 1.32. The molecule has 26 heavy (non-hydrogen) atoms. The smallest absolute Gasteiger partial charge is 0.325 e. The Morgan fingerprint density at radius 2 is 1.81 bits per heavy atom. The number of nitrogens with zero attached hydrogens (tertiary/aromatic N) is 3. The topological polar surface area (TPSA) is 79.4 Å². The molecule has 2 aromatic carbocycles. The second-order valence-corrected chi connectivity index (χ2v) is 6.23. The molecule has 134 valence electrons. The Morgan fingerprint density at radius 3 is 2.46 bits per heavy atom. The molecule has 0 radical (unpaired) electrons. The fourth-order valence-corrected chi connectivity index (χ4v) is 3.17. The number of benzene rings is 2. The average Bonchev–Trinajstić information content (AvgIpc) is 3.12. The summed E-state index contributed by atoms with van der Waals surface area (Å²) in [4.78, 5) is 14.2. The van der Waals surface area contributed by atoms with Crippen LogP contribution in [0.3, 0.4) is 0 Å². The summed E-state index contributed by atoms with van der Waals surface area (Å²) in [6.45, 7) is 2.79. The lowest BCUT2D eigenvalue weighted by molar-refractivity contribution is 0.262. The van der Waals surface area contributed by atoms with Gasteiger partial charge in [-0.3, -0.25) is 5.32 Å². The molecule has 0 unspecified atom stereocenters. The van der Waals surface area contributed by atoms with Crippen LogP contribution in [-0.2, 0) is 0 Å². The number of para-hydroxylation sites is 1. The van der Waals surface area contributed by atoms with E-state index in [2.05, 4.69) is 20.8 Å². The molecule has 3 aromatic rings. The molecule has 2 amide bonds. The van der Waals surface area contributed by atoms with E-state index in [1.807, 2.05) is 42.2 Å². The maximum Gasteiger partial charge on any atom is 0.325 e. The average molecular weight is 369 g/mol. The van der Waals surface area contributed by atoms with Gasteiger partial charge in [0, 0.05) is 17.9 Å². The second-order valence-electron chi connectivity index (χ2n) is 5.28. The Hall–Kier alpha value is -3.13. The summed E-state index contributed by atoms with van der Waals surface area (Å²) in [5, 5.41) is 14.8. The normalized spacial score (nSPS) is 10.2. The van der Waals surface area contributed by atoms with Crippen LogP contribution in [0.15, 0.2) is 54.6 Å². The first kappa shape index (κ1) is 17.7. The molecule has 2 N–H and O–H groups in total. The fraction of sp³-hybridized carbons (Fsp3) is 0.167. The molecule has 0 aliphatic rings. The number of urea groups is 1. The number of methoxy groups -OCH3 is 1. The minimum absolute atomic E-state index is 0.374. The van der Waals surface area contributed by atoms with E-state index in [9.17, 15) is 4.79 Å². The first-order valence-corrected chi connectivity index (χ1v) is 8.89. The minimum atomic E-state index is -0.374. The SMILES string of the molecule is CCN(c1ccccc1)c1nnc(NC(=O)Nc2ccc(OC)cc2)s1. The van der Waals surface area contributed by atoms with Crippen LogP contribution < -0.4 is 20.3 Å². The van der Waals surface area contributed by atoms with E-state index >= 15 is 0 Å². The first-order chi connectivity index (χ1) is 12.7. The van der Waals surface area contributed by atoms with Crippen LogP contribution in [0.2, 0.25) is 0 Å². The van der Waals surface area contributed by atoms with Gasteiger partial charge in [-0.2, -0.15) is 0 Å². The number of carbonyl (C=O) groups excluding carboxylic acids is 1. The Morgan fingerprint density at radius 1 is 1.08 bits per heavy atom. The molecule has 0 fully saturated rings. The van der Waals surface area contributed by atoms with Crippen molar-refractivity contribution in [2.45, 2.75) is 6.92 Å². The zero-order valence-electron chi connectivity index (χ0n) is 14.5. The second kappa shape index (κ2) is 8.30. The van der Waals surface area contributed by atoms with Gasteiger partial charge in [-0.05, 0) is 43.3 Å². The molecule has 0 aliphatic carbocycles. The van der Waals surface area contributed by atoms with Gasteiger partial charge >= 0.3 is 6.03 Å². The zero-order valence-corrected chi connectivity index (χ0v) is 15.3. The Bertz CT molecular complexity index is 852. The van der Waals surface area contributed by atoms with Crippen molar-refractivity contribution in [3.63, 3.8) is 0 Å². The molecule has 7 nitrogen and oxygen atoms in total. The van der Waals surface area contributed by atoms with Crippen LogP contribution in [0, 0.1) is 0 Å². The third-order valence-corrected chi connectivity index (χ3v) is 4.46. The fourth-order valence-electron chi connectivity index (χ4n) is 2.35. The molecule has 1 aromatic heterocycles. The van der Waals surface area contributed by atoms with E-state index in [0.29, 0.717) is 10.8 Å². The molecule has 0 saturated heterocycles. The van der Waals surface area contributed by atoms with Crippen LogP contribution in [0.5, 0.6) is 5.75 Å². The Kier molecular flexibility index (Phi) is 5.65. The van der Waals surface area contributed by atoms with Gasteiger partial charge in [0.25, 0.3) is 0 Å².